The third-order valence-corrected chi connectivity index (χ3v) is 2.79. The molecule has 0 spiro atoms. The lowest BCUT2D eigenvalue weighted by molar-refractivity contribution is -0.121. The molecule has 0 aliphatic carbocycles. The smallest absolute Gasteiger partial charge is 0.240 e. The van der Waals surface area contributed by atoms with Gasteiger partial charge in [0.1, 0.15) is 13.1 Å². The number of nitriles is 1. The maximum absolute atomic E-state index is 11.4. The molecular formula is C13H20N4O. The molecule has 1 aromatic heterocycles. The molecular weight excluding hydrogens is 228 g/mol. The lowest BCUT2D eigenvalue weighted by Gasteiger charge is -2.13. The van der Waals surface area contributed by atoms with Gasteiger partial charge in [0.05, 0.1) is 6.07 Å². The van der Waals surface area contributed by atoms with Gasteiger partial charge in [-0.15, -0.1) is 0 Å². The molecule has 1 unspecified atom stereocenters. The zero-order valence-electron chi connectivity index (χ0n) is 10.9. The van der Waals surface area contributed by atoms with Crippen LogP contribution in [0.1, 0.15) is 31.4 Å². The van der Waals surface area contributed by atoms with Crippen molar-refractivity contribution >= 4 is 5.91 Å². The van der Waals surface area contributed by atoms with Crippen molar-refractivity contribution in [1.82, 2.24) is 15.2 Å². The van der Waals surface area contributed by atoms with Gasteiger partial charge in [-0.25, -0.2) is 0 Å². The first-order chi connectivity index (χ1) is 8.71. The summed E-state index contributed by atoms with van der Waals surface area (Å²) in [4.78, 5) is 11.4. The molecule has 1 amide bonds. The SMILES string of the molecule is CCCC(NC)c1ccn(CC(=O)NCC#N)c1. The van der Waals surface area contributed by atoms with Crippen molar-refractivity contribution in [3.05, 3.63) is 24.0 Å². The van der Waals surface area contributed by atoms with E-state index >= 15 is 0 Å². The molecule has 2 N–H and O–H groups in total. The molecule has 0 radical (unpaired) electrons. The molecule has 1 atom stereocenters. The standard InChI is InChI=1S/C13H20N4O/c1-3-4-12(15-2)11-5-8-17(9-11)10-13(18)16-7-6-14/h5,8-9,12,15H,3-4,7,10H2,1-2H3,(H,16,18). The molecule has 5 nitrogen and oxygen atoms in total. The molecule has 0 bridgehead atoms. The minimum Gasteiger partial charge on any atom is -0.345 e. The van der Waals surface area contributed by atoms with Gasteiger partial charge >= 0.3 is 0 Å². The zero-order valence-corrected chi connectivity index (χ0v) is 10.9. The fraction of sp³-hybridized carbons (Fsp3) is 0.538. The minimum absolute atomic E-state index is 0.0575. The third kappa shape index (κ3) is 4.22. The summed E-state index contributed by atoms with van der Waals surface area (Å²) in [5, 5.41) is 14.2. The highest BCUT2D eigenvalue weighted by atomic mass is 16.1. The summed E-state index contributed by atoms with van der Waals surface area (Å²) in [6.07, 6.45) is 6.05. The highest BCUT2D eigenvalue weighted by Gasteiger charge is 2.10. The van der Waals surface area contributed by atoms with E-state index in [1.807, 2.05) is 36.1 Å². The summed E-state index contributed by atoms with van der Waals surface area (Å²) in [6.45, 7) is 2.46. The highest BCUT2D eigenvalue weighted by molar-refractivity contribution is 5.75. The van der Waals surface area contributed by atoms with Crippen LogP contribution in [0.5, 0.6) is 0 Å². The number of carbonyl (C=O) groups excluding carboxylic acids is 1. The van der Waals surface area contributed by atoms with Gasteiger partial charge in [0.25, 0.3) is 0 Å². The first kappa shape index (κ1) is 14.3. The molecule has 0 saturated heterocycles. The zero-order chi connectivity index (χ0) is 13.4. The molecule has 0 aliphatic heterocycles. The van der Waals surface area contributed by atoms with Crippen LogP contribution in [-0.4, -0.2) is 24.1 Å². The van der Waals surface area contributed by atoms with E-state index in [4.69, 9.17) is 5.26 Å². The van der Waals surface area contributed by atoms with Crippen molar-refractivity contribution in [2.45, 2.75) is 32.4 Å². The molecule has 5 heteroatoms. The van der Waals surface area contributed by atoms with E-state index in [9.17, 15) is 4.79 Å². The van der Waals surface area contributed by atoms with E-state index in [0.717, 1.165) is 12.8 Å². The summed E-state index contributed by atoms with van der Waals surface area (Å²) in [5.41, 5.74) is 1.19. The largest absolute Gasteiger partial charge is 0.345 e. The maximum Gasteiger partial charge on any atom is 0.240 e. The maximum atomic E-state index is 11.4. The van der Waals surface area contributed by atoms with Crippen molar-refractivity contribution in [3.8, 4) is 6.07 Å². The van der Waals surface area contributed by atoms with Crippen LogP contribution in [-0.2, 0) is 11.3 Å². The van der Waals surface area contributed by atoms with Gasteiger partial charge in [0.15, 0.2) is 0 Å². The third-order valence-electron chi connectivity index (χ3n) is 2.79. The fourth-order valence-corrected chi connectivity index (χ4v) is 1.89. The second-order valence-corrected chi connectivity index (χ2v) is 4.18. The van der Waals surface area contributed by atoms with E-state index in [1.54, 1.807) is 0 Å². The van der Waals surface area contributed by atoms with Gasteiger partial charge < -0.3 is 15.2 Å². The number of nitrogens with zero attached hydrogens (tertiary/aromatic N) is 2. The molecule has 18 heavy (non-hydrogen) atoms. The second-order valence-electron chi connectivity index (χ2n) is 4.18. The van der Waals surface area contributed by atoms with E-state index in [2.05, 4.69) is 17.6 Å². The Bertz CT molecular complexity index is 419. The quantitative estimate of drug-likeness (QED) is 0.712. The van der Waals surface area contributed by atoms with Crippen molar-refractivity contribution in [1.29, 1.82) is 5.26 Å². The van der Waals surface area contributed by atoms with Crippen LogP contribution in [0.25, 0.3) is 0 Å². The average Bonchev–Trinajstić information content (AvgIpc) is 2.81. The first-order valence-corrected chi connectivity index (χ1v) is 6.17. The van der Waals surface area contributed by atoms with Crippen molar-refractivity contribution in [2.75, 3.05) is 13.6 Å². The minimum atomic E-state index is -0.143. The van der Waals surface area contributed by atoms with Gasteiger partial charge in [0.2, 0.25) is 5.91 Å². The van der Waals surface area contributed by atoms with Crippen LogP contribution in [0, 0.1) is 11.3 Å². The normalized spacial score (nSPS) is 11.8. The number of hydrogen-bond donors (Lipinski definition) is 2. The predicted octanol–water partition coefficient (Wildman–Crippen LogP) is 1.19. The molecule has 0 saturated carbocycles. The second kappa shape index (κ2) is 7.51. The highest BCUT2D eigenvalue weighted by Crippen LogP contribution is 2.18. The predicted molar refractivity (Wildman–Crippen MR) is 69.8 cm³/mol. The number of amides is 1. The summed E-state index contributed by atoms with van der Waals surface area (Å²) in [5.74, 6) is -0.143. The Morgan fingerprint density at radius 1 is 1.61 bits per heavy atom. The van der Waals surface area contributed by atoms with Gasteiger partial charge in [-0.2, -0.15) is 5.26 Å². The van der Waals surface area contributed by atoms with E-state index < -0.39 is 0 Å². The van der Waals surface area contributed by atoms with Crippen LogP contribution in [0.2, 0.25) is 0 Å². The lowest BCUT2D eigenvalue weighted by Crippen LogP contribution is -2.27. The fourth-order valence-electron chi connectivity index (χ4n) is 1.89. The molecule has 1 rings (SSSR count). The van der Waals surface area contributed by atoms with Crippen LogP contribution < -0.4 is 10.6 Å². The van der Waals surface area contributed by atoms with Gasteiger partial charge in [0, 0.05) is 18.4 Å². The molecule has 0 fully saturated rings. The summed E-state index contributed by atoms with van der Waals surface area (Å²) < 4.78 is 1.84. The molecule has 1 heterocycles. The van der Waals surface area contributed by atoms with Crippen molar-refractivity contribution in [2.24, 2.45) is 0 Å². The van der Waals surface area contributed by atoms with E-state index in [-0.39, 0.29) is 19.0 Å². The molecule has 0 aliphatic rings. The van der Waals surface area contributed by atoms with Gasteiger partial charge in [-0.05, 0) is 25.1 Å². The van der Waals surface area contributed by atoms with Crippen LogP contribution >= 0.6 is 0 Å². The van der Waals surface area contributed by atoms with Crippen LogP contribution in [0.15, 0.2) is 18.5 Å². The Hall–Kier alpha value is -1.80. The molecule has 1 aromatic rings. The Labute approximate surface area is 108 Å². The van der Waals surface area contributed by atoms with E-state index in [1.165, 1.54) is 5.56 Å². The molecule has 0 aromatic carbocycles. The average molecular weight is 248 g/mol. The topological polar surface area (TPSA) is 69.8 Å². The number of aromatic nitrogens is 1. The first-order valence-electron chi connectivity index (χ1n) is 6.17. The summed E-state index contributed by atoms with van der Waals surface area (Å²) >= 11 is 0. The Kier molecular flexibility index (Phi) is 5.95. The number of hydrogen-bond acceptors (Lipinski definition) is 3. The van der Waals surface area contributed by atoms with E-state index in [0.29, 0.717) is 6.04 Å². The summed E-state index contributed by atoms with van der Waals surface area (Å²) in [7, 11) is 1.94. The van der Waals surface area contributed by atoms with Crippen LogP contribution in [0.4, 0.5) is 0 Å². The number of nitrogens with one attached hydrogen (secondary N) is 2. The molecule has 98 valence electrons. The Morgan fingerprint density at radius 3 is 3.00 bits per heavy atom. The van der Waals surface area contributed by atoms with Gasteiger partial charge in [-0.3, -0.25) is 4.79 Å². The Balaban J connectivity index is 2.57. The number of carbonyl (C=O) groups is 1. The van der Waals surface area contributed by atoms with Crippen LogP contribution in [0.3, 0.4) is 0 Å². The van der Waals surface area contributed by atoms with Crippen molar-refractivity contribution < 1.29 is 4.79 Å². The van der Waals surface area contributed by atoms with Gasteiger partial charge in [-0.1, -0.05) is 13.3 Å². The number of rotatable bonds is 7. The Morgan fingerprint density at radius 2 is 2.39 bits per heavy atom. The summed E-state index contributed by atoms with van der Waals surface area (Å²) in [6, 6.07) is 4.24. The monoisotopic (exact) mass is 248 g/mol. The van der Waals surface area contributed by atoms with Crippen molar-refractivity contribution in [3.63, 3.8) is 0 Å². The lowest BCUT2D eigenvalue weighted by atomic mass is 10.1.